The van der Waals surface area contributed by atoms with Crippen LogP contribution >= 0.6 is 0 Å². The first-order valence-corrected chi connectivity index (χ1v) is 5.13. The summed E-state index contributed by atoms with van der Waals surface area (Å²) in [7, 11) is 0. The number of carbonyl (C=O) groups is 1. The number of halogens is 2. The predicted octanol–water partition coefficient (Wildman–Crippen LogP) is 2.88. The van der Waals surface area contributed by atoms with E-state index < -0.39 is 11.6 Å². The number of hydrogen-bond acceptors (Lipinski definition) is 1. The van der Waals surface area contributed by atoms with Gasteiger partial charge in [0.1, 0.15) is 17.4 Å². The molecule has 1 aliphatic rings. The molecule has 0 aliphatic heterocycles. The molecule has 1 aromatic rings. The average molecular weight is 210 g/mol. The molecule has 3 heteroatoms. The van der Waals surface area contributed by atoms with Gasteiger partial charge in [0.25, 0.3) is 0 Å². The molecule has 2 rings (SSSR count). The summed E-state index contributed by atoms with van der Waals surface area (Å²) in [5.41, 5.74) is 0.577. The van der Waals surface area contributed by atoms with Gasteiger partial charge in [0.2, 0.25) is 0 Å². The zero-order valence-corrected chi connectivity index (χ0v) is 8.30. The van der Waals surface area contributed by atoms with Crippen LogP contribution in [0.15, 0.2) is 18.2 Å². The Hall–Kier alpha value is -1.25. The van der Waals surface area contributed by atoms with Crippen LogP contribution in [0.1, 0.15) is 24.8 Å². The molecule has 1 saturated carbocycles. The van der Waals surface area contributed by atoms with Gasteiger partial charge in [-0.15, -0.1) is 0 Å². The smallest absolute Gasteiger partial charge is 0.136 e. The van der Waals surface area contributed by atoms with Gasteiger partial charge in [0.15, 0.2) is 0 Å². The highest BCUT2D eigenvalue weighted by molar-refractivity contribution is 5.83. The van der Waals surface area contributed by atoms with Gasteiger partial charge in [-0.3, -0.25) is 4.79 Å². The standard InChI is InChI=1S/C12H12F2O/c13-10-5-8(6-11(14)7-10)4-9-2-1-3-12(9)15/h5-7,9H,1-4H2. The van der Waals surface area contributed by atoms with Crippen molar-refractivity contribution in [1.82, 2.24) is 0 Å². The Balaban J connectivity index is 2.13. The normalized spacial score (nSPS) is 20.9. The molecule has 0 N–H and O–H groups in total. The van der Waals surface area contributed by atoms with E-state index in [2.05, 4.69) is 0 Å². The first-order valence-electron chi connectivity index (χ1n) is 5.13. The van der Waals surface area contributed by atoms with Crippen molar-refractivity contribution >= 4 is 5.78 Å². The van der Waals surface area contributed by atoms with Gasteiger partial charge in [-0.05, 0) is 37.0 Å². The highest BCUT2D eigenvalue weighted by Gasteiger charge is 2.24. The molecular weight excluding hydrogens is 198 g/mol. The number of Topliss-reactive ketones (excluding diaryl/α,β-unsaturated/α-hetero) is 1. The molecule has 1 unspecified atom stereocenters. The number of hydrogen-bond donors (Lipinski definition) is 0. The third kappa shape index (κ3) is 2.41. The molecule has 0 radical (unpaired) electrons. The van der Waals surface area contributed by atoms with Gasteiger partial charge in [-0.1, -0.05) is 0 Å². The van der Waals surface area contributed by atoms with Gasteiger partial charge in [-0.2, -0.15) is 0 Å². The van der Waals surface area contributed by atoms with E-state index in [4.69, 9.17) is 0 Å². The monoisotopic (exact) mass is 210 g/mol. The van der Waals surface area contributed by atoms with Crippen molar-refractivity contribution in [2.24, 2.45) is 5.92 Å². The predicted molar refractivity (Wildman–Crippen MR) is 52.4 cm³/mol. The average Bonchev–Trinajstić information content (AvgIpc) is 2.50. The Labute approximate surface area is 87.1 Å². The summed E-state index contributed by atoms with van der Waals surface area (Å²) in [6, 6.07) is 3.45. The minimum Gasteiger partial charge on any atom is -0.299 e. The summed E-state index contributed by atoms with van der Waals surface area (Å²) in [6.45, 7) is 0. The number of benzene rings is 1. The molecule has 0 amide bonds. The summed E-state index contributed by atoms with van der Waals surface area (Å²) < 4.78 is 25.7. The van der Waals surface area contributed by atoms with Crippen LogP contribution in [0.5, 0.6) is 0 Å². The van der Waals surface area contributed by atoms with Crippen molar-refractivity contribution in [2.45, 2.75) is 25.7 Å². The molecule has 1 nitrogen and oxygen atoms in total. The van der Waals surface area contributed by atoms with Crippen molar-refractivity contribution in [3.8, 4) is 0 Å². The topological polar surface area (TPSA) is 17.1 Å². The van der Waals surface area contributed by atoms with Gasteiger partial charge in [0, 0.05) is 18.4 Å². The lowest BCUT2D eigenvalue weighted by molar-refractivity contribution is -0.120. The molecule has 80 valence electrons. The Morgan fingerprint density at radius 3 is 2.40 bits per heavy atom. The van der Waals surface area contributed by atoms with Crippen LogP contribution in [-0.2, 0) is 11.2 Å². The van der Waals surface area contributed by atoms with Gasteiger partial charge < -0.3 is 0 Å². The first kappa shape index (κ1) is 10.3. The Bertz CT molecular complexity index is 367. The third-order valence-electron chi connectivity index (χ3n) is 2.84. The summed E-state index contributed by atoms with van der Waals surface area (Å²) in [5, 5.41) is 0. The van der Waals surface area contributed by atoms with Gasteiger partial charge in [-0.25, -0.2) is 8.78 Å². The van der Waals surface area contributed by atoms with E-state index in [0.29, 0.717) is 18.4 Å². The fourth-order valence-electron chi connectivity index (χ4n) is 2.12. The molecular formula is C12H12F2O. The lowest BCUT2D eigenvalue weighted by atomic mass is 9.97. The molecule has 0 saturated heterocycles. The van der Waals surface area contributed by atoms with Crippen LogP contribution in [0.2, 0.25) is 0 Å². The summed E-state index contributed by atoms with van der Waals surface area (Å²) in [6.07, 6.45) is 2.83. The van der Waals surface area contributed by atoms with E-state index in [9.17, 15) is 13.6 Å². The SMILES string of the molecule is O=C1CCCC1Cc1cc(F)cc(F)c1. The molecule has 15 heavy (non-hydrogen) atoms. The minimum absolute atomic E-state index is 0.0359. The van der Waals surface area contributed by atoms with Gasteiger partial charge >= 0.3 is 0 Å². The number of rotatable bonds is 2. The van der Waals surface area contributed by atoms with Crippen LogP contribution in [0, 0.1) is 17.6 Å². The molecule has 1 aliphatic carbocycles. The Morgan fingerprint density at radius 1 is 1.20 bits per heavy atom. The maximum atomic E-state index is 12.9. The third-order valence-corrected chi connectivity index (χ3v) is 2.84. The van der Waals surface area contributed by atoms with Crippen molar-refractivity contribution < 1.29 is 13.6 Å². The summed E-state index contributed by atoms with van der Waals surface area (Å²) in [5.74, 6) is -0.961. The largest absolute Gasteiger partial charge is 0.299 e. The fraction of sp³-hybridized carbons (Fsp3) is 0.417. The van der Waals surface area contributed by atoms with Crippen molar-refractivity contribution in [3.63, 3.8) is 0 Å². The molecule has 0 heterocycles. The summed E-state index contributed by atoms with van der Waals surface area (Å²) >= 11 is 0. The first-order chi connectivity index (χ1) is 7.15. The number of ketones is 1. The van der Waals surface area contributed by atoms with E-state index in [0.717, 1.165) is 18.9 Å². The maximum Gasteiger partial charge on any atom is 0.136 e. The van der Waals surface area contributed by atoms with E-state index in [1.165, 1.54) is 12.1 Å². The Kier molecular flexibility index (Phi) is 2.80. The Morgan fingerprint density at radius 2 is 1.87 bits per heavy atom. The second kappa shape index (κ2) is 4.09. The van der Waals surface area contributed by atoms with E-state index in [-0.39, 0.29) is 11.7 Å². The maximum absolute atomic E-state index is 12.9. The van der Waals surface area contributed by atoms with Crippen LogP contribution < -0.4 is 0 Å². The molecule has 0 spiro atoms. The lowest BCUT2D eigenvalue weighted by Crippen LogP contribution is -2.09. The summed E-state index contributed by atoms with van der Waals surface area (Å²) in [4.78, 5) is 11.4. The van der Waals surface area contributed by atoms with Crippen LogP contribution in [-0.4, -0.2) is 5.78 Å². The van der Waals surface area contributed by atoms with Crippen molar-refractivity contribution in [1.29, 1.82) is 0 Å². The van der Waals surface area contributed by atoms with E-state index in [1.54, 1.807) is 0 Å². The fourth-order valence-corrected chi connectivity index (χ4v) is 2.12. The highest BCUT2D eigenvalue weighted by atomic mass is 19.1. The molecule has 1 fully saturated rings. The van der Waals surface area contributed by atoms with E-state index in [1.807, 2.05) is 0 Å². The zero-order valence-electron chi connectivity index (χ0n) is 8.30. The molecule has 0 bridgehead atoms. The van der Waals surface area contributed by atoms with Gasteiger partial charge in [0.05, 0.1) is 0 Å². The van der Waals surface area contributed by atoms with E-state index >= 15 is 0 Å². The minimum atomic E-state index is -0.574. The molecule has 1 aromatic carbocycles. The van der Waals surface area contributed by atoms with Crippen molar-refractivity contribution in [3.05, 3.63) is 35.4 Å². The van der Waals surface area contributed by atoms with Crippen molar-refractivity contribution in [2.75, 3.05) is 0 Å². The quantitative estimate of drug-likeness (QED) is 0.733. The molecule has 0 aromatic heterocycles. The van der Waals surface area contributed by atoms with Crippen LogP contribution in [0.4, 0.5) is 8.78 Å². The zero-order chi connectivity index (χ0) is 10.8. The highest BCUT2D eigenvalue weighted by Crippen LogP contribution is 2.25. The second-order valence-corrected chi connectivity index (χ2v) is 4.04. The van der Waals surface area contributed by atoms with Crippen LogP contribution in [0.25, 0.3) is 0 Å². The molecule has 1 atom stereocenters. The number of carbonyl (C=O) groups excluding carboxylic acids is 1. The second-order valence-electron chi connectivity index (χ2n) is 4.04. The lowest BCUT2D eigenvalue weighted by Gasteiger charge is -2.07. The van der Waals surface area contributed by atoms with Crippen LogP contribution in [0.3, 0.4) is 0 Å².